The van der Waals surface area contributed by atoms with Gasteiger partial charge in [0.2, 0.25) is 0 Å². The Labute approximate surface area is 90.5 Å². The van der Waals surface area contributed by atoms with E-state index in [1.54, 1.807) is 4.47 Å². The first-order valence-electron chi connectivity index (χ1n) is 4.74. The summed E-state index contributed by atoms with van der Waals surface area (Å²) >= 11 is 4.50. The molecular formula is C10H17BrSe. The summed E-state index contributed by atoms with van der Waals surface area (Å²) in [6.07, 6.45) is 7.84. The van der Waals surface area contributed by atoms with Crippen LogP contribution in [-0.2, 0) is 0 Å². The van der Waals surface area contributed by atoms with Crippen LogP contribution in [0.25, 0.3) is 0 Å². The number of halogens is 1. The van der Waals surface area contributed by atoms with E-state index in [0.717, 1.165) is 19.8 Å². The monoisotopic (exact) mass is 296 g/mol. The van der Waals surface area contributed by atoms with Gasteiger partial charge in [-0.25, -0.2) is 0 Å². The van der Waals surface area contributed by atoms with Crippen molar-refractivity contribution in [3.05, 3.63) is 10.5 Å². The fourth-order valence-electron chi connectivity index (χ4n) is 1.25. The van der Waals surface area contributed by atoms with Crippen LogP contribution in [0.15, 0.2) is 10.5 Å². The van der Waals surface area contributed by atoms with Crippen LogP contribution < -0.4 is 0 Å². The SMILES string of the molecule is CCC(C)[Se]C1=CCCCC1Br. The van der Waals surface area contributed by atoms with E-state index >= 15 is 0 Å². The van der Waals surface area contributed by atoms with E-state index < -0.39 is 0 Å². The van der Waals surface area contributed by atoms with Gasteiger partial charge in [0.1, 0.15) is 0 Å². The van der Waals surface area contributed by atoms with Crippen LogP contribution in [-0.4, -0.2) is 19.8 Å². The number of allylic oxidation sites excluding steroid dienone is 2. The third-order valence-corrected chi connectivity index (χ3v) is 6.92. The van der Waals surface area contributed by atoms with E-state index in [9.17, 15) is 0 Å². The third-order valence-electron chi connectivity index (χ3n) is 2.23. The van der Waals surface area contributed by atoms with E-state index in [1.165, 1.54) is 25.7 Å². The number of alkyl halides is 1. The Morgan fingerprint density at radius 3 is 3.08 bits per heavy atom. The van der Waals surface area contributed by atoms with Crippen LogP contribution in [0.1, 0.15) is 39.5 Å². The molecule has 0 nitrogen and oxygen atoms in total. The average Bonchev–Trinajstić information content (AvgIpc) is 2.09. The van der Waals surface area contributed by atoms with Gasteiger partial charge in [0.15, 0.2) is 0 Å². The number of hydrogen-bond donors (Lipinski definition) is 0. The molecule has 0 aliphatic heterocycles. The summed E-state index contributed by atoms with van der Waals surface area (Å²) in [6.45, 7) is 4.66. The molecule has 0 amide bonds. The first kappa shape index (κ1) is 10.8. The molecule has 0 saturated heterocycles. The Balaban J connectivity index is 2.43. The average molecular weight is 296 g/mol. The van der Waals surface area contributed by atoms with Crippen LogP contribution in [0.4, 0.5) is 0 Å². The summed E-state index contributed by atoms with van der Waals surface area (Å²) < 4.78 is 1.71. The van der Waals surface area contributed by atoms with E-state index in [2.05, 4.69) is 35.9 Å². The molecule has 0 aromatic carbocycles. The molecule has 1 rings (SSSR count). The van der Waals surface area contributed by atoms with E-state index in [-0.39, 0.29) is 0 Å². The fourth-order valence-corrected chi connectivity index (χ4v) is 4.65. The van der Waals surface area contributed by atoms with Gasteiger partial charge in [-0.3, -0.25) is 0 Å². The molecule has 1 aliphatic rings. The third kappa shape index (κ3) is 3.24. The van der Waals surface area contributed by atoms with Gasteiger partial charge in [-0.2, -0.15) is 0 Å². The summed E-state index contributed by atoms with van der Waals surface area (Å²) in [6, 6.07) is 0. The minimum atomic E-state index is 0.709. The molecule has 0 heterocycles. The molecule has 0 spiro atoms. The van der Waals surface area contributed by atoms with Crippen LogP contribution in [0.2, 0.25) is 4.82 Å². The van der Waals surface area contributed by atoms with Crippen molar-refractivity contribution in [2.75, 3.05) is 0 Å². The molecule has 12 heavy (non-hydrogen) atoms. The molecule has 2 unspecified atom stereocenters. The Morgan fingerprint density at radius 2 is 2.50 bits per heavy atom. The zero-order chi connectivity index (χ0) is 8.97. The molecule has 2 heteroatoms. The van der Waals surface area contributed by atoms with Gasteiger partial charge in [0.25, 0.3) is 0 Å². The standard InChI is InChI=1S/C10H17BrSe/c1-3-8(2)12-10-7-5-4-6-9(10)11/h7-9H,3-6H2,1-2H3. The van der Waals surface area contributed by atoms with Crippen molar-refractivity contribution in [1.82, 2.24) is 0 Å². The topological polar surface area (TPSA) is 0 Å². The molecular weight excluding hydrogens is 279 g/mol. The second-order valence-corrected chi connectivity index (χ2v) is 7.62. The van der Waals surface area contributed by atoms with Crippen LogP contribution in [0, 0.1) is 0 Å². The summed E-state index contributed by atoms with van der Waals surface area (Å²) in [5.41, 5.74) is 0. The van der Waals surface area contributed by atoms with Crippen molar-refractivity contribution >= 4 is 30.9 Å². The van der Waals surface area contributed by atoms with Crippen molar-refractivity contribution in [3.63, 3.8) is 0 Å². The maximum atomic E-state index is 3.76. The molecule has 0 radical (unpaired) electrons. The quantitative estimate of drug-likeness (QED) is 0.550. The molecule has 0 aromatic rings. The van der Waals surface area contributed by atoms with Gasteiger partial charge in [-0.05, 0) is 0 Å². The van der Waals surface area contributed by atoms with Crippen LogP contribution in [0.3, 0.4) is 0 Å². The second kappa shape index (κ2) is 5.47. The Hall–Kier alpha value is 0.739. The van der Waals surface area contributed by atoms with E-state index in [4.69, 9.17) is 0 Å². The summed E-state index contributed by atoms with van der Waals surface area (Å²) in [5.74, 6) is 0. The van der Waals surface area contributed by atoms with Gasteiger partial charge in [0, 0.05) is 0 Å². The summed E-state index contributed by atoms with van der Waals surface area (Å²) in [5, 5.41) is 0. The normalized spacial score (nSPS) is 26.6. The fraction of sp³-hybridized carbons (Fsp3) is 0.800. The van der Waals surface area contributed by atoms with Gasteiger partial charge in [-0.1, -0.05) is 0 Å². The molecule has 1 aliphatic carbocycles. The zero-order valence-corrected chi connectivity index (χ0v) is 11.1. The van der Waals surface area contributed by atoms with Crippen molar-refractivity contribution in [2.45, 2.75) is 49.2 Å². The Morgan fingerprint density at radius 1 is 1.75 bits per heavy atom. The van der Waals surface area contributed by atoms with E-state index in [1.807, 2.05) is 0 Å². The Kier molecular flexibility index (Phi) is 4.93. The first-order valence-corrected chi connectivity index (χ1v) is 7.51. The molecule has 0 bridgehead atoms. The zero-order valence-electron chi connectivity index (χ0n) is 7.85. The molecule has 0 aromatic heterocycles. The molecule has 70 valence electrons. The van der Waals surface area contributed by atoms with Gasteiger partial charge in [-0.15, -0.1) is 0 Å². The molecule has 2 atom stereocenters. The predicted octanol–water partition coefficient (Wildman–Crippen LogP) is 3.74. The van der Waals surface area contributed by atoms with Crippen LogP contribution in [0.5, 0.6) is 0 Å². The molecule has 0 N–H and O–H groups in total. The summed E-state index contributed by atoms with van der Waals surface area (Å²) in [7, 11) is 0. The van der Waals surface area contributed by atoms with Crippen molar-refractivity contribution in [3.8, 4) is 0 Å². The van der Waals surface area contributed by atoms with Gasteiger partial charge >= 0.3 is 90.6 Å². The van der Waals surface area contributed by atoms with Gasteiger partial charge < -0.3 is 0 Å². The number of hydrogen-bond acceptors (Lipinski definition) is 0. The van der Waals surface area contributed by atoms with Crippen molar-refractivity contribution < 1.29 is 0 Å². The van der Waals surface area contributed by atoms with Crippen molar-refractivity contribution in [1.29, 1.82) is 0 Å². The summed E-state index contributed by atoms with van der Waals surface area (Å²) in [4.78, 5) is 1.63. The maximum absolute atomic E-state index is 3.76. The molecule has 0 saturated carbocycles. The van der Waals surface area contributed by atoms with Crippen molar-refractivity contribution in [2.24, 2.45) is 0 Å². The Bertz CT molecular complexity index is 165. The van der Waals surface area contributed by atoms with E-state index in [0.29, 0.717) is 4.83 Å². The number of rotatable bonds is 3. The molecule has 0 fully saturated rings. The predicted molar refractivity (Wildman–Crippen MR) is 60.1 cm³/mol. The van der Waals surface area contributed by atoms with Crippen LogP contribution >= 0.6 is 15.9 Å². The first-order chi connectivity index (χ1) is 5.74. The van der Waals surface area contributed by atoms with Gasteiger partial charge in [0.05, 0.1) is 0 Å². The minimum absolute atomic E-state index is 0.709. The second-order valence-electron chi connectivity index (χ2n) is 3.34.